The third-order valence-electron chi connectivity index (χ3n) is 5.55. The zero-order valence-electron chi connectivity index (χ0n) is 15.6. The van der Waals surface area contributed by atoms with Crippen molar-refractivity contribution in [1.82, 2.24) is 10.2 Å². The monoisotopic (exact) mass is 399 g/mol. The van der Waals surface area contributed by atoms with Crippen LogP contribution in [0.1, 0.15) is 44.6 Å². The zero-order chi connectivity index (χ0) is 16.8. The Morgan fingerprint density at radius 3 is 2.54 bits per heavy atom. The standard InChI is InChI=1S/C20H29N3O.2ClH/c1-2-14-24-19-5-3-4-17(15-19)20(16-21)8-6-18(7-9-20)23-12-10-22-11-13-23;;/h3-5,15,18,22H,2,6-14H2,1H3;2*1H. The summed E-state index contributed by atoms with van der Waals surface area (Å²) in [4.78, 5) is 2.61. The molecule has 1 heterocycles. The molecule has 6 heteroatoms. The van der Waals surface area contributed by atoms with Crippen molar-refractivity contribution in [3.8, 4) is 11.8 Å². The number of rotatable bonds is 5. The van der Waals surface area contributed by atoms with E-state index in [2.05, 4.69) is 35.3 Å². The molecular weight excluding hydrogens is 369 g/mol. The number of nitriles is 1. The van der Waals surface area contributed by atoms with Gasteiger partial charge in [-0.05, 0) is 49.8 Å². The van der Waals surface area contributed by atoms with Gasteiger partial charge in [-0.2, -0.15) is 5.26 Å². The molecule has 1 aromatic carbocycles. The van der Waals surface area contributed by atoms with Gasteiger partial charge >= 0.3 is 0 Å². The number of hydrogen-bond acceptors (Lipinski definition) is 4. The van der Waals surface area contributed by atoms with Crippen LogP contribution in [-0.4, -0.2) is 43.7 Å². The predicted molar refractivity (Wildman–Crippen MR) is 111 cm³/mol. The van der Waals surface area contributed by atoms with Crippen molar-refractivity contribution in [2.45, 2.75) is 50.5 Å². The number of benzene rings is 1. The molecule has 1 saturated carbocycles. The van der Waals surface area contributed by atoms with Crippen LogP contribution in [0.4, 0.5) is 0 Å². The fraction of sp³-hybridized carbons (Fsp3) is 0.650. The van der Waals surface area contributed by atoms with E-state index in [1.807, 2.05) is 12.1 Å². The van der Waals surface area contributed by atoms with E-state index in [0.717, 1.165) is 76.2 Å². The predicted octanol–water partition coefficient (Wildman–Crippen LogP) is 3.93. The summed E-state index contributed by atoms with van der Waals surface area (Å²) in [5.74, 6) is 0.896. The van der Waals surface area contributed by atoms with Crippen LogP contribution in [0.15, 0.2) is 24.3 Å². The first kappa shape index (κ1) is 23.0. The summed E-state index contributed by atoms with van der Waals surface area (Å²) in [5.41, 5.74) is 0.799. The number of halogens is 2. The maximum atomic E-state index is 9.94. The van der Waals surface area contributed by atoms with Crippen LogP contribution in [0.2, 0.25) is 0 Å². The highest BCUT2D eigenvalue weighted by atomic mass is 35.5. The Kier molecular flexibility index (Phi) is 9.74. The summed E-state index contributed by atoms with van der Waals surface area (Å²) in [5, 5.41) is 13.4. The molecule has 0 radical (unpaired) electrons. The van der Waals surface area contributed by atoms with Crippen molar-refractivity contribution in [3.63, 3.8) is 0 Å². The van der Waals surface area contributed by atoms with Gasteiger partial charge < -0.3 is 10.1 Å². The average Bonchev–Trinajstić information content (AvgIpc) is 2.67. The van der Waals surface area contributed by atoms with Gasteiger partial charge in [-0.3, -0.25) is 4.90 Å². The molecule has 146 valence electrons. The molecule has 0 atom stereocenters. The highest BCUT2D eigenvalue weighted by Gasteiger charge is 2.39. The van der Waals surface area contributed by atoms with Gasteiger partial charge in [0.2, 0.25) is 0 Å². The maximum absolute atomic E-state index is 9.94. The first-order valence-electron chi connectivity index (χ1n) is 9.37. The molecule has 0 amide bonds. The second-order valence-electron chi connectivity index (χ2n) is 7.09. The third-order valence-corrected chi connectivity index (χ3v) is 5.55. The SMILES string of the molecule is CCCOc1cccc(C2(C#N)CCC(N3CCNCC3)CC2)c1.Cl.Cl. The summed E-state index contributed by atoms with van der Waals surface area (Å²) in [6.07, 6.45) is 5.14. The van der Waals surface area contributed by atoms with E-state index in [-0.39, 0.29) is 30.2 Å². The number of nitrogens with zero attached hydrogens (tertiary/aromatic N) is 2. The molecular formula is C20H31Cl2N3O. The zero-order valence-corrected chi connectivity index (χ0v) is 17.2. The van der Waals surface area contributed by atoms with Crippen molar-refractivity contribution in [2.24, 2.45) is 0 Å². The quantitative estimate of drug-likeness (QED) is 0.814. The normalized spacial score (nSPS) is 26.1. The van der Waals surface area contributed by atoms with Gasteiger partial charge in [-0.25, -0.2) is 0 Å². The minimum atomic E-state index is -0.337. The van der Waals surface area contributed by atoms with Crippen LogP contribution in [0.3, 0.4) is 0 Å². The van der Waals surface area contributed by atoms with Gasteiger partial charge in [0.15, 0.2) is 0 Å². The van der Waals surface area contributed by atoms with Crippen molar-refractivity contribution in [1.29, 1.82) is 5.26 Å². The molecule has 0 aromatic heterocycles. The lowest BCUT2D eigenvalue weighted by molar-refractivity contribution is 0.122. The third kappa shape index (κ3) is 5.27. The smallest absolute Gasteiger partial charge is 0.119 e. The molecule has 3 rings (SSSR count). The maximum Gasteiger partial charge on any atom is 0.119 e. The minimum absolute atomic E-state index is 0. The number of piperazine rings is 1. The van der Waals surface area contributed by atoms with E-state index in [0.29, 0.717) is 6.04 Å². The van der Waals surface area contributed by atoms with E-state index < -0.39 is 0 Å². The molecule has 0 unspecified atom stereocenters. The molecule has 26 heavy (non-hydrogen) atoms. The van der Waals surface area contributed by atoms with Crippen molar-refractivity contribution < 1.29 is 4.74 Å². The molecule has 4 nitrogen and oxygen atoms in total. The summed E-state index contributed by atoms with van der Waals surface area (Å²) in [6, 6.07) is 11.5. The van der Waals surface area contributed by atoms with Gasteiger partial charge in [-0.1, -0.05) is 19.1 Å². The first-order valence-corrected chi connectivity index (χ1v) is 9.37. The average molecular weight is 400 g/mol. The van der Waals surface area contributed by atoms with E-state index in [4.69, 9.17) is 4.74 Å². The largest absolute Gasteiger partial charge is 0.494 e. The summed E-state index contributed by atoms with van der Waals surface area (Å²) >= 11 is 0. The molecule has 1 aliphatic heterocycles. The number of hydrogen-bond donors (Lipinski definition) is 1. The lowest BCUT2D eigenvalue weighted by Crippen LogP contribution is -2.50. The van der Waals surface area contributed by atoms with Gasteiger partial charge in [0.05, 0.1) is 18.1 Å². The van der Waals surface area contributed by atoms with Crippen LogP contribution in [0, 0.1) is 11.3 Å². The first-order chi connectivity index (χ1) is 11.8. The fourth-order valence-electron chi connectivity index (χ4n) is 4.08. The van der Waals surface area contributed by atoms with Crippen LogP contribution in [0.5, 0.6) is 5.75 Å². The van der Waals surface area contributed by atoms with E-state index in [9.17, 15) is 5.26 Å². The second-order valence-corrected chi connectivity index (χ2v) is 7.09. The molecule has 0 bridgehead atoms. The van der Waals surface area contributed by atoms with Crippen molar-refractivity contribution in [3.05, 3.63) is 29.8 Å². The molecule has 2 aliphatic rings. The molecule has 1 aliphatic carbocycles. The fourth-order valence-corrected chi connectivity index (χ4v) is 4.08. The molecule has 2 fully saturated rings. The van der Waals surface area contributed by atoms with E-state index in [1.165, 1.54) is 0 Å². The summed E-state index contributed by atoms with van der Waals surface area (Å²) in [6.45, 7) is 7.31. The summed E-state index contributed by atoms with van der Waals surface area (Å²) < 4.78 is 5.77. The Morgan fingerprint density at radius 2 is 1.92 bits per heavy atom. The Balaban J connectivity index is 0.00000169. The second kappa shape index (κ2) is 11.0. The van der Waals surface area contributed by atoms with Gasteiger partial charge in [0.1, 0.15) is 5.75 Å². The molecule has 1 aromatic rings. The lowest BCUT2D eigenvalue weighted by atomic mass is 9.69. The lowest BCUT2D eigenvalue weighted by Gasteiger charge is -2.42. The van der Waals surface area contributed by atoms with Gasteiger partial charge in [-0.15, -0.1) is 24.8 Å². The topological polar surface area (TPSA) is 48.3 Å². The minimum Gasteiger partial charge on any atom is -0.494 e. The Morgan fingerprint density at radius 1 is 1.23 bits per heavy atom. The number of ether oxygens (including phenoxy) is 1. The Bertz CT molecular complexity index is 577. The highest BCUT2D eigenvalue weighted by Crippen LogP contribution is 2.41. The Labute approximate surface area is 170 Å². The van der Waals surface area contributed by atoms with E-state index >= 15 is 0 Å². The number of nitrogens with one attached hydrogen (secondary N) is 1. The van der Waals surface area contributed by atoms with Crippen LogP contribution >= 0.6 is 24.8 Å². The van der Waals surface area contributed by atoms with E-state index in [1.54, 1.807) is 0 Å². The van der Waals surface area contributed by atoms with Crippen LogP contribution in [-0.2, 0) is 5.41 Å². The highest BCUT2D eigenvalue weighted by molar-refractivity contribution is 5.85. The Hall–Kier alpha value is -0.990. The van der Waals surface area contributed by atoms with Gasteiger partial charge in [0, 0.05) is 32.2 Å². The van der Waals surface area contributed by atoms with Crippen molar-refractivity contribution in [2.75, 3.05) is 32.8 Å². The van der Waals surface area contributed by atoms with Crippen molar-refractivity contribution >= 4 is 24.8 Å². The molecule has 1 saturated heterocycles. The van der Waals surface area contributed by atoms with Crippen LogP contribution < -0.4 is 10.1 Å². The summed E-state index contributed by atoms with van der Waals surface area (Å²) in [7, 11) is 0. The van der Waals surface area contributed by atoms with Gasteiger partial charge in [0.25, 0.3) is 0 Å². The van der Waals surface area contributed by atoms with Crippen LogP contribution in [0.25, 0.3) is 0 Å². The molecule has 1 N–H and O–H groups in total. The molecule has 0 spiro atoms.